The van der Waals surface area contributed by atoms with Gasteiger partial charge in [0.15, 0.2) is 0 Å². The van der Waals surface area contributed by atoms with Crippen LogP contribution in [0.4, 0.5) is 0 Å². The highest BCUT2D eigenvalue weighted by atomic mass is 16.2. The van der Waals surface area contributed by atoms with Gasteiger partial charge in [-0.05, 0) is 49.4 Å². The van der Waals surface area contributed by atoms with Gasteiger partial charge in [-0.1, -0.05) is 19.1 Å². The third-order valence-electron chi connectivity index (χ3n) is 2.33. The second kappa shape index (κ2) is 5.76. The Kier molecular flexibility index (Phi) is 5.40. The van der Waals surface area contributed by atoms with Crippen molar-refractivity contribution in [3.63, 3.8) is 0 Å². The summed E-state index contributed by atoms with van der Waals surface area (Å²) >= 11 is 0. The summed E-state index contributed by atoms with van der Waals surface area (Å²) in [5.41, 5.74) is 5.72. The summed E-state index contributed by atoms with van der Waals surface area (Å²) in [7, 11) is 1.00. The van der Waals surface area contributed by atoms with E-state index in [0.717, 1.165) is 13.5 Å². The van der Waals surface area contributed by atoms with Gasteiger partial charge in [0.1, 0.15) is 0 Å². The van der Waals surface area contributed by atoms with Crippen molar-refractivity contribution in [2.75, 3.05) is 7.11 Å². The molecule has 0 atom stereocenters. The lowest BCUT2D eigenvalue weighted by atomic mass is 9.99. The minimum Gasteiger partial charge on any atom is -0.400 e. The number of hydrogen-bond acceptors (Lipinski definition) is 1. The van der Waals surface area contributed by atoms with Gasteiger partial charge in [0.25, 0.3) is 0 Å². The zero-order valence-corrected chi connectivity index (χ0v) is 9.31. The van der Waals surface area contributed by atoms with E-state index in [2.05, 4.69) is 39.8 Å². The fourth-order valence-corrected chi connectivity index (χ4v) is 1.40. The molecule has 0 aliphatic carbocycles. The van der Waals surface area contributed by atoms with E-state index in [1.54, 1.807) is 0 Å². The summed E-state index contributed by atoms with van der Waals surface area (Å²) in [5.74, 6) is 0. The average Bonchev–Trinajstić information content (AvgIpc) is 2.15. The Bertz CT molecular complexity index is 264. The SMILES string of the molecule is CCc1cc(C)c(C)cc1C.CO. The zero-order chi connectivity index (χ0) is 10.4. The van der Waals surface area contributed by atoms with Crippen LogP contribution in [0.1, 0.15) is 29.2 Å². The maximum Gasteiger partial charge on any atom is 0.0319 e. The summed E-state index contributed by atoms with van der Waals surface area (Å²) < 4.78 is 0. The maximum absolute atomic E-state index is 7.00. The van der Waals surface area contributed by atoms with Gasteiger partial charge in [-0.2, -0.15) is 0 Å². The predicted octanol–water partition coefficient (Wildman–Crippen LogP) is 2.78. The van der Waals surface area contributed by atoms with Crippen molar-refractivity contribution in [2.45, 2.75) is 34.1 Å². The molecule has 1 N–H and O–H groups in total. The summed E-state index contributed by atoms with van der Waals surface area (Å²) in [6, 6.07) is 4.57. The van der Waals surface area contributed by atoms with Crippen LogP contribution in [-0.2, 0) is 6.42 Å². The van der Waals surface area contributed by atoms with Crippen molar-refractivity contribution < 1.29 is 5.11 Å². The van der Waals surface area contributed by atoms with Crippen molar-refractivity contribution in [2.24, 2.45) is 0 Å². The quantitative estimate of drug-likeness (QED) is 0.704. The first-order valence-corrected chi connectivity index (χ1v) is 4.66. The molecule has 0 saturated heterocycles. The molecular weight excluding hydrogens is 160 g/mol. The number of aliphatic hydroxyl groups is 1. The predicted molar refractivity (Wildman–Crippen MR) is 58.2 cm³/mol. The van der Waals surface area contributed by atoms with E-state index in [0.29, 0.717) is 0 Å². The first-order valence-electron chi connectivity index (χ1n) is 4.66. The topological polar surface area (TPSA) is 20.2 Å². The molecule has 0 fully saturated rings. The fourth-order valence-electron chi connectivity index (χ4n) is 1.40. The molecule has 13 heavy (non-hydrogen) atoms. The minimum absolute atomic E-state index is 1.00. The largest absolute Gasteiger partial charge is 0.400 e. The molecule has 0 unspecified atom stereocenters. The Morgan fingerprint density at radius 1 is 0.923 bits per heavy atom. The van der Waals surface area contributed by atoms with Crippen molar-refractivity contribution in [1.29, 1.82) is 0 Å². The number of benzene rings is 1. The summed E-state index contributed by atoms with van der Waals surface area (Å²) in [6.45, 7) is 8.73. The Balaban J connectivity index is 0.000000671. The molecule has 0 aliphatic rings. The Hall–Kier alpha value is -0.820. The van der Waals surface area contributed by atoms with E-state index in [-0.39, 0.29) is 0 Å². The number of hydrogen-bond donors (Lipinski definition) is 1. The second-order valence-electron chi connectivity index (χ2n) is 3.22. The molecule has 0 spiro atoms. The Morgan fingerprint density at radius 2 is 1.38 bits per heavy atom. The van der Waals surface area contributed by atoms with E-state index in [1.165, 1.54) is 22.3 Å². The van der Waals surface area contributed by atoms with Crippen LogP contribution in [0.5, 0.6) is 0 Å². The van der Waals surface area contributed by atoms with Crippen molar-refractivity contribution in [3.05, 3.63) is 34.4 Å². The van der Waals surface area contributed by atoms with Crippen LogP contribution in [0.15, 0.2) is 12.1 Å². The summed E-state index contributed by atoms with van der Waals surface area (Å²) in [5, 5.41) is 7.00. The Labute approximate surface area is 81.4 Å². The molecule has 74 valence electrons. The minimum atomic E-state index is 1.00. The van der Waals surface area contributed by atoms with E-state index >= 15 is 0 Å². The van der Waals surface area contributed by atoms with Crippen molar-refractivity contribution in [1.82, 2.24) is 0 Å². The molecule has 0 heterocycles. The second-order valence-corrected chi connectivity index (χ2v) is 3.22. The van der Waals surface area contributed by atoms with Crippen molar-refractivity contribution >= 4 is 0 Å². The molecule has 1 rings (SSSR count). The third-order valence-corrected chi connectivity index (χ3v) is 2.33. The third kappa shape index (κ3) is 3.19. The van der Waals surface area contributed by atoms with Crippen LogP contribution >= 0.6 is 0 Å². The molecule has 0 saturated carbocycles. The molecule has 1 heteroatoms. The van der Waals surface area contributed by atoms with Crippen LogP contribution in [-0.4, -0.2) is 12.2 Å². The van der Waals surface area contributed by atoms with Gasteiger partial charge in [0, 0.05) is 7.11 Å². The molecule has 0 aromatic heterocycles. The average molecular weight is 180 g/mol. The van der Waals surface area contributed by atoms with Crippen LogP contribution in [0, 0.1) is 20.8 Å². The monoisotopic (exact) mass is 180 g/mol. The summed E-state index contributed by atoms with van der Waals surface area (Å²) in [4.78, 5) is 0. The standard InChI is InChI=1S/C11H16.CH4O/c1-5-11-7-9(3)8(2)6-10(11)4;1-2/h6-7H,5H2,1-4H3;2H,1H3. The number of aryl methyl sites for hydroxylation is 4. The van der Waals surface area contributed by atoms with Gasteiger partial charge in [-0.25, -0.2) is 0 Å². The van der Waals surface area contributed by atoms with Gasteiger partial charge in [0.05, 0.1) is 0 Å². The van der Waals surface area contributed by atoms with E-state index < -0.39 is 0 Å². The molecule has 0 bridgehead atoms. The molecule has 1 aromatic carbocycles. The van der Waals surface area contributed by atoms with Gasteiger partial charge >= 0.3 is 0 Å². The van der Waals surface area contributed by atoms with Crippen LogP contribution in [0.2, 0.25) is 0 Å². The first-order chi connectivity index (χ1) is 6.15. The highest BCUT2D eigenvalue weighted by Gasteiger charge is 1.98. The van der Waals surface area contributed by atoms with E-state index in [1.807, 2.05) is 0 Å². The number of aliphatic hydroxyl groups excluding tert-OH is 1. The van der Waals surface area contributed by atoms with Crippen molar-refractivity contribution in [3.8, 4) is 0 Å². The van der Waals surface area contributed by atoms with Gasteiger partial charge in [-0.3, -0.25) is 0 Å². The summed E-state index contributed by atoms with van der Waals surface area (Å²) in [6.07, 6.45) is 1.15. The van der Waals surface area contributed by atoms with Gasteiger partial charge < -0.3 is 5.11 Å². The molecule has 0 radical (unpaired) electrons. The van der Waals surface area contributed by atoms with E-state index in [4.69, 9.17) is 5.11 Å². The molecule has 1 aromatic rings. The Morgan fingerprint density at radius 3 is 1.85 bits per heavy atom. The van der Waals surface area contributed by atoms with Crippen LogP contribution in [0.25, 0.3) is 0 Å². The highest BCUT2D eigenvalue weighted by Crippen LogP contribution is 2.15. The molecule has 0 aliphatic heterocycles. The lowest BCUT2D eigenvalue weighted by molar-refractivity contribution is 0.399. The fraction of sp³-hybridized carbons (Fsp3) is 0.500. The van der Waals surface area contributed by atoms with Crippen LogP contribution < -0.4 is 0 Å². The zero-order valence-electron chi connectivity index (χ0n) is 9.31. The van der Waals surface area contributed by atoms with Gasteiger partial charge in [-0.15, -0.1) is 0 Å². The lowest BCUT2D eigenvalue weighted by Gasteiger charge is -2.06. The molecule has 0 amide bonds. The smallest absolute Gasteiger partial charge is 0.0319 e. The van der Waals surface area contributed by atoms with Gasteiger partial charge in [0.2, 0.25) is 0 Å². The van der Waals surface area contributed by atoms with E-state index in [9.17, 15) is 0 Å². The molecular formula is C12H20O. The highest BCUT2D eigenvalue weighted by molar-refractivity contribution is 5.36. The lowest BCUT2D eigenvalue weighted by Crippen LogP contribution is -1.90. The molecule has 1 nitrogen and oxygen atoms in total. The normalized spacial score (nSPS) is 9.08. The van der Waals surface area contributed by atoms with Crippen LogP contribution in [0.3, 0.4) is 0 Å². The maximum atomic E-state index is 7.00. The number of rotatable bonds is 1. The first kappa shape index (κ1) is 12.2.